The lowest BCUT2D eigenvalue weighted by Crippen LogP contribution is -2.62. The fourth-order valence-corrected chi connectivity index (χ4v) is 2.97. The van der Waals surface area contributed by atoms with Crippen LogP contribution in [0.3, 0.4) is 0 Å². The molecule has 0 aliphatic carbocycles. The van der Waals surface area contributed by atoms with Crippen molar-refractivity contribution in [3.05, 3.63) is 0 Å². The van der Waals surface area contributed by atoms with Crippen LogP contribution < -0.4 is 5.32 Å². The van der Waals surface area contributed by atoms with Gasteiger partial charge in [-0.05, 0) is 17.8 Å². The number of piperazine rings is 1. The minimum atomic E-state index is 0.297. The Bertz CT molecular complexity index is 276. The molecule has 0 spiro atoms. The Morgan fingerprint density at radius 1 is 1.19 bits per heavy atom. The minimum Gasteiger partial charge on any atom is -0.385 e. The molecule has 2 atom stereocenters. The average Bonchev–Trinajstić information content (AvgIpc) is 2.41. The third kappa shape index (κ3) is 6.64. The SMILES string of the molecule is COCCCOCCN1CC(C(C)C)NCC1C(C)(C)C. The van der Waals surface area contributed by atoms with Crippen LogP contribution in [0.2, 0.25) is 0 Å². The highest BCUT2D eigenvalue weighted by Gasteiger charge is 2.35. The first-order valence-corrected chi connectivity index (χ1v) is 8.40. The zero-order chi connectivity index (χ0) is 15.9. The first-order valence-electron chi connectivity index (χ1n) is 8.40. The lowest BCUT2D eigenvalue weighted by atomic mass is 9.83. The normalized spacial score (nSPS) is 24.7. The maximum atomic E-state index is 5.75. The maximum absolute atomic E-state index is 5.75. The van der Waals surface area contributed by atoms with E-state index < -0.39 is 0 Å². The summed E-state index contributed by atoms with van der Waals surface area (Å²) in [5.41, 5.74) is 0.297. The van der Waals surface area contributed by atoms with Crippen molar-refractivity contribution in [1.82, 2.24) is 10.2 Å². The van der Waals surface area contributed by atoms with Crippen LogP contribution in [0.1, 0.15) is 41.0 Å². The number of methoxy groups -OCH3 is 1. The van der Waals surface area contributed by atoms with Gasteiger partial charge < -0.3 is 14.8 Å². The van der Waals surface area contributed by atoms with Crippen LogP contribution in [0, 0.1) is 11.3 Å². The Labute approximate surface area is 131 Å². The Kier molecular flexibility index (Phi) is 8.17. The molecule has 0 amide bonds. The summed E-state index contributed by atoms with van der Waals surface area (Å²) >= 11 is 0. The zero-order valence-electron chi connectivity index (χ0n) is 14.9. The molecule has 1 saturated heterocycles. The molecule has 1 fully saturated rings. The molecule has 1 aliphatic heterocycles. The Balaban J connectivity index is 2.43. The van der Waals surface area contributed by atoms with E-state index in [0.717, 1.165) is 45.9 Å². The van der Waals surface area contributed by atoms with Gasteiger partial charge in [-0.25, -0.2) is 0 Å². The van der Waals surface area contributed by atoms with Gasteiger partial charge in [-0.15, -0.1) is 0 Å². The number of rotatable bonds is 8. The molecule has 4 heteroatoms. The van der Waals surface area contributed by atoms with E-state index in [1.165, 1.54) is 0 Å². The average molecular weight is 300 g/mol. The topological polar surface area (TPSA) is 33.7 Å². The van der Waals surface area contributed by atoms with Crippen molar-refractivity contribution in [3.8, 4) is 0 Å². The summed E-state index contributed by atoms with van der Waals surface area (Å²) in [6, 6.07) is 1.17. The second-order valence-corrected chi connectivity index (χ2v) is 7.59. The van der Waals surface area contributed by atoms with Crippen LogP contribution in [0.15, 0.2) is 0 Å². The van der Waals surface area contributed by atoms with Crippen molar-refractivity contribution in [3.63, 3.8) is 0 Å². The number of nitrogens with one attached hydrogen (secondary N) is 1. The number of hydrogen-bond donors (Lipinski definition) is 1. The van der Waals surface area contributed by atoms with Crippen LogP contribution in [-0.4, -0.2) is 63.5 Å². The van der Waals surface area contributed by atoms with E-state index in [2.05, 4.69) is 44.8 Å². The Hall–Kier alpha value is -0.160. The monoisotopic (exact) mass is 300 g/mol. The highest BCUT2D eigenvalue weighted by Crippen LogP contribution is 2.27. The molecule has 4 nitrogen and oxygen atoms in total. The van der Waals surface area contributed by atoms with Gasteiger partial charge in [-0.2, -0.15) is 0 Å². The van der Waals surface area contributed by atoms with E-state index in [4.69, 9.17) is 9.47 Å². The Morgan fingerprint density at radius 2 is 1.90 bits per heavy atom. The largest absolute Gasteiger partial charge is 0.385 e. The summed E-state index contributed by atoms with van der Waals surface area (Å²) in [5.74, 6) is 0.677. The van der Waals surface area contributed by atoms with E-state index in [9.17, 15) is 0 Å². The first-order chi connectivity index (χ1) is 9.86. The smallest absolute Gasteiger partial charge is 0.0593 e. The van der Waals surface area contributed by atoms with E-state index in [0.29, 0.717) is 23.4 Å². The first kappa shape index (κ1) is 18.9. The highest BCUT2D eigenvalue weighted by atomic mass is 16.5. The Morgan fingerprint density at radius 3 is 2.48 bits per heavy atom. The summed E-state index contributed by atoms with van der Waals surface area (Å²) in [6.45, 7) is 17.2. The molecule has 1 aliphatic rings. The van der Waals surface area contributed by atoms with Crippen molar-refractivity contribution in [2.45, 2.75) is 53.1 Å². The van der Waals surface area contributed by atoms with Gasteiger partial charge in [0, 0.05) is 52.0 Å². The molecule has 126 valence electrons. The molecule has 1 heterocycles. The summed E-state index contributed by atoms with van der Waals surface area (Å²) < 4.78 is 10.8. The van der Waals surface area contributed by atoms with E-state index in [1.54, 1.807) is 7.11 Å². The standard InChI is InChI=1S/C17H36N2O2/c1-14(2)15-13-19(8-11-21-10-7-9-20-6)16(12-18-15)17(3,4)5/h14-16,18H,7-13H2,1-6H3. The number of hydrogen-bond acceptors (Lipinski definition) is 4. The third-order valence-corrected chi connectivity index (χ3v) is 4.41. The van der Waals surface area contributed by atoms with Gasteiger partial charge >= 0.3 is 0 Å². The zero-order valence-corrected chi connectivity index (χ0v) is 14.9. The van der Waals surface area contributed by atoms with Gasteiger partial charge in [0.25, 0.3) is 0 Å². The molecule has 0 aromatic carbocycles. The summed E-state index contributed by atoms with van der Waals surface area (Å²) in [7, 11) is 1.74. The van der Waals surface area contributed by atoms with Gasteiger partial charge in [0.05, 0.1) is 6.61 Å². The molecule has 1 N–H and O–H groups in total. The van der Waals surface area contributed by atoms with Crippen LogP contribution in [-0.2, 0) is 9.47 Å². The van der Waals surface area contributed by atoms with Crippen molar-refractivity contribution >= 4 is 0 Å². The van der Waals surface area contributed by atoms with E-state index in [1.807, 2.05) is 0 Å². The highest BCUT2D eigenvalue weighted by molar-refractivity contribution is 4.93. The van der Waals surface area contributed by atoms with Gasteiger partial charge in [0.15, 0.2) is 0 Å². The molecular formula is C17H36N2O2. The van der Waals surface area contributed by atoms with Crippen molar-refractivity contribution in [1.29, 1.82) is 0 Å². The fraction of sp³-hybridized carbons (Fsp3) is 1.00. The second-order valence-electron chi connectivity index (χ2n) is 7.59. The molecule has 0 saturated carbocycles. The summed E-state index contributed by atoms with van der Waals surface area (Å²) in [5, 5.41) is 3.72. The van der Waals surface area contributed by atoms with Crippen LogP contribution in [0.25, 0.3) is 0 Å². The molecule has 0 aromatic heterocycles. The molecule has 0 aromatic rings. The molecule has 0 bridgehead atoms. The predicted molar refractivity (Wildman–Crippen MR) is 88.8 cm³/mol. The van der Waals surface area contributed by atoms with Crippen molar-refractivity contribution < 1.29 is 9.47 Å². The van der Waals surface area contributed by atoms with Gasteiger partial charge in [-0.1, -0.05) is 34.6 Å². The minimum absolute atomic E-state index is 0.297. The van der Waals surface area contributed by atoms with Crippen molar-refractivity contribution in [2.75, 3.05) is 46.6 Å². The van der Waals surface area contributed by atoms with Gasteiger partial charge in [0.2, 0.25) is 0 Å². The molecular weight excluding hydrogens is 264 g/mol. The number of ether oxygens (including phenoxy) is 2. The molecule has 0 radical (unpaired) electrons. The lowest BCUT2D eigenvalue weighted by molar-refractivity contribution is 0.0157. The van der Waals surface area contributed by atoms with E-state index >= 15 is 0 Å². The van der Waals surface area contributed by atoms with Crippen LogP contribution in [0.4, 0.5) is 0 Å². The van der Waals surface area contributed by atoms with Crippen LogP contribution in [0.5, 0.6) is 0 Å². The van der Waals surface area contributed by atoms with E-state index in [-0.39, 0.29) is 0 Å². The number of nitrogens with zero attached hydrogens (tertiary/aromatic N) is 1. The predicted octanol–water partition coefficient (Wildman–Crippen LogP) is 2.38. The second kappa shape index (κ2) is 9.09. The maximum Gasteiger partial charge on any atom is 0.0593 e. The fourth-order valence-electron chi connectivity index (χ4n) is 2.97. The van der Waals surface area contributed by atoms with Crippen LogP contribution >= 0.6 is 0 Å². The molecule has 21 heavy (non-hydrogen) atoms. The quantitative estimate of drug-likeness (QED) is 0.698. The van der Waals surface area contributed by atoms with Crippen molar-refractivity contribution in [2.24, 2.45) is 11.3 Å². The molecule has 2 unspecified atom stereocenters. The lowest BCUT2D eigenvalue weighted by Gasteiger charge is -2.47. The van der Waals surface area contributed by atoms with Gasteiger partial charge in [0.1, 0.15) is 0 Å². The third-order valence-electron chi connectivity index (χ3n) is 4.41. The molecule has 1 rings (SSSR count). The summed E-state index contributed by atoms with van der Waals surface area (Å²) in [6.07, 6.45) is 0.982. The summed E-state index contributed by atoms with van der Waals surface area (Å²) in [4.78, 5) is 2.62. The van der Waals surface area contributed by atoms with Gasteiger partial charge in [-0.3, -0.25) is 4.90 Å².